The molecule has 2 N–H and O–H groups in total. The van der Waals surface area contributed by atoms with Gasteiger partial charge in [0.05, 0.1) is 5.69 Å². The van der Waals surface area contributed by atoms with Crippen LogP contribution in [0.3, 0.4) is 0 Å². The maximum absolute atomic E-state index is 11.6. The van der Waals surface area contributed by atoms with Gasteiger partial charge in [-0.05, 0) is 17.9 Å². The molecule has 0 heterocycles. The van der Waals surface area contributed by atoms with E-state index < -0.39 is 10.1 Å². The Balaban J connectivity index is 2.57. The predicted octanol–water partition coefficient (Wildman–Crippen LogP) is 3.30. The van der Waals surface area contributed by atoms with Gasteiger partial charge in [0.2, 0.25) is 0 Å². The first-order valence-corrected chi connectivity index (χ1v) is 7.71. The van der Waals surface area contributed by atoms with E-state index in [0.717, 1.165) is 18.2 Å². The molecule has 0 radical (unpaired) electrons. The van der Waals surface area contributed by atoms with Gasteiger partial charge in [0.1, 0.15) is 4.90 Å². The van der Waals surface area contributed by atoms with E-state index in [0.29, 0.717) is 17.6 Å². The van der Waals surface area contributed by atoms with E-state index in [-0.39, 0.29) is 4.90 Å². The smallest absolute Gasteiger partial charge is 0.297 e. The molecule has 102 valence electrons. The normalized spacial score (nSPS) is 11.7. The lowest BCUT2D eigenvalue weighted by Gasteiger charge is -2.12. The van der Waals surface area contributed by atoms with Crippen molar-refractivity contribution in [2.24, 2.45) is 0 Å². The summed E-state index contributed by atoms with van der Waals surface area (Å²) < 4.78 is 32.7. The summed E-state index contributed by atoms with van der Waals surface area (Å²) in [7, 11) is -4.26. The summed E-state index contributed by atoms with van der Waals surface area (Å²) in [4.78, 5) is -0.0401. The Labute approximate surface area is 113 Å². The second-order valence-corrected chi connectivity index (χ2v) is 5.78. The number of hydrogen-bond donors (Lipinski definition) is 2. The van der Waals surface area contributed by atoms with Crippen molar-refractivity contribution in [2.75, 3.05) is 11.9 Å². The molecule has 0 aliphatic heterocycles. The molecule has 0 fully saturated rings. The lowest BCUT2D eigenvalue weighted by Crippen LogP contribution is -2.08. The number of hydrogen-bond acceptors (Lipinski definition) is 3. The highest BCUT2D eigenvalue weighted by Gasteiger charge is 2.18. The van der Waals surface area contributed by atoms with Crippen LogP contribution in [0.5, 0.6) is 0 Å². The maximum Gasteiger partial charge on any atom is 0.297 e. The summed E-state index contributed by atoms with van der Waals surface area (Å²) in [6.07, 6.45) is 1.96. The number of rotatable bonds is 5. The summed E-state index contributed by atoms with van der Waals surface area (Å²) in [5.41, 5.74) is 0.453. The summed E-state index contributed by atoms with van der Waals surface area (Å²) in [5, 5.41) is 4.40. The first kappa shape index (κ1) is 13.8. The number of unbranched alkanes of at least 4 members (excludes halogenated alkanes) is 1. The van der Waals surface area contributed by atoms with E-state index >= 15 is 0 Å². The van der Waals surface area contributed by atoms with Crippen LogP contribution in [0.2, 0.25) is 0 Å². The third kappa shape index (κ3) is 3.05. The van der Waals surface area contributed by atoms with Gasteiger partial charge in [-0.15, -0.1) is 0 Å². The van der Waals surface area contributed by atoms with E-state index in [1.807, 2.05) is 18.2 Å². The molecule has 0 aromatic heterocycles. The molecule has 0 spiro atoms. The van der Waals surface area contributed by atoms with Gasteiger partial charge in [-0.3, -0.25) is 4.55 Å². The predicted molar refractivity (Wildman–Crippen MR) is 77.2 cm³/mol. The van der Waals surface area contributed by atoms with E-state index in [9.17, 15) is 13.0 Å². The van der Waals surface area contributed by atoms with Crippen molar-refractivity contribution in [1.82, 2.24) is 0 Å². The first-order valence-electron chi connectivity index (χ1n) is 6.27. The molecular weight excluding hydrogens is 262 g/mol. The molecule has 2 aromatic rings. The fourth-order valence-corrected chi connectivity index (χ4v) is 2.94. The minimum Gasteiger partial charge on any atom is -0.384 e. The lowest BCUT2D eigenvalue weighted by atomic mass is 10.1. The molecule has 0 amide bonds. The molecule has 0 saturated heterocycles. The monoisotopic (exact) mass is 279 g/mol. The van der Waals surface area contributed by atoms with Crippen LogP contribution in [-0.4, -0.2) is 19.5 Å². The van der Waals surface area contributed by atoms with Crippen LogP contribution in [-0.2, 0) is 10.1 Å². The Kier molecular flexibility index (Phi) is 4.07. The number of fused-ring (bicyclic) bond motifs is 1. The zero-order chi connectivity index (χ0) is 13.9. The fraction of sp³-hybridized carbons (Fsp3) is 0.286. The molecule has 19 heavy (non-hydrogen) atoms. The highest BCUT2D eigenvalue weighted by molar-refractivity contribution is 7.86. The van der Waals surface area contributed by atoms with Crippen molar-refractivity contribution >= 4 is 26.6 Å². The molecular formula is C14H17NO3S. The Morgan fingerprint density at radius 1 is 1.16 bits per heavy atom. The van der Waals surface area contributed by atoms with Crippen LogP contribution in [0.4, 0.5) is 5.69 Å². The van der Waals surface area contributed by atoms with Gasteiger partial charge in [0, 0.05) is 11.9 Å². The first-order chi connectivity index (χ1) is 9.04. The van der Waals surface area contributed by atoms with Gasteiger partial charge in [-0.1, -0.05) is 43.7 Å². The zero-order valence-corrected chi connectivity index (χ0v) is 11.6. The molecule has 0 saturated carbocycles. The molecule has 0 atom stereocenters. The largest absolute Gasteiger partial charge is 0.384 e. The van der Waals surface area contributed by atoms with Crippen LogP contribution < -0.4 is 5.32 Å². The molecule has 5 heteroatoms. The topological polar surface area (TPSA) is 66.4 Å². The second kappa shape index (κ2) is 5.59. The summed E-state index contributed by atoms with van der Waals surface area (Å²) in [6, 6.07) is 10.6. The number of nitrogens with one attached hydrogen (secondary N) is 1. The lowest BCUT2D eigenvalue weighted by molar-refractivity contribution is 0.484. The SMILES string of the molecule is CCCCNc1ccc2ccccc2c1S(=O)(=O)O. The molecule has 0 unspecified atom stereocenters. The van der Waals surface area contributed by atoms with Gasteiger partial charge in [-0.25, -0.2) is 0 Å². The Hall–Kier alpha value is -1.59. The molecule has 4 nitrogen and oxygen atoms in total. The van der Waals surface area contributed by atoms with E-state index in [4.69, 9.17) is 0 Å². The number of anilines is 1. The van der Waals surface area contributed by atoms with E-state index in [2.05, 4.69) is 12.2 Å². The van der Waals surface area contributed by atoms with Gasteiger partial charge < -0.3 is 5.32 Å². The van der Waals surface area contributed by atoms with Crippen molar-refractivity contribution in [3.63, 3.8) is 0 Å². The Bertz CT molecular complexity index is 680. The Morgan fingerprint density at radius 2 is 1.89 bits per heavy atom. The summed E-state index contributed by atoms with van der Waals surface area (Å²) in [5.74, 6) is 0. The van der Waals surface area contributed by atoms with Crippen molar-refractivity contribution in [2.45, 2.75) is 24.7 Å². The van der Waals surface area contributed by atoms with Crippen LogP contribution in [0, 0.1) is 0 Å². The highest BCUT2D eigenvalue weighted by atomic mass is 32.2. The zero-order valence-electron chi connectivity index (χ0n) is 10.8. The maximum atomic E-state index is 11.6. The molecule has 0 bridgehead atoms. The standard InChI is InChI=1S/C14H17NO3S/c1-2-3-10-15-13-9-8-11-6-4-5-7-12(11)14(13)19(16,17)18/h4-9,15H,2-3,10H2,1H3,(H,16,17,18). The minimum atomic E-state index is -4.26. The van der Waals surface area contributed by atoms with Crippen molar-refractivity contribution in [3.05, 3.63) is 36.4 Å². The van der Waals surface area contributed by atoms with Crippen molar-refractivity contribution in [1.29, 1.82) is 0 Å². The third-order valence-corrected chi connectivity index (χ3v) is 3.94. The average molecular weight is 279 g/mol. The summed E-state index contributed by atoms with van der Waals surface area (Å²) >= 11 is 0. The van der Waals surface area contributed by atoms with Gasteiger partial charge in [-0.2, -0.15) is 8.42 Å². The highest BCUT2D eigenvalue weighted by Crippen LogP contribution is 2.30. The quantitative estimate of drug-likeness (QED) is 0.651. The summed E-state index contributed by atoms with van der Waals surface area (Å²) in [6.45, 7) is 2.74. The van der Waals surface area contributed by atoms with Crippen LogP contribution >= 0.6 is 0 Å². The third-order valence-electron chi connectivity index (χ3n) is 2.98. The van der Waals surface area contributed by atoms with E-state index in [1.165, 1.54) is 0 Å². The fourth-order valence-electron chi connectivity index (χ4n) is 2.06. The van der Waals surface area contributed by atoms with E-state index in [1.54, 1.807) is 18.2 Å². The van der Waals surface area contributed by atoms with Crippen LogP contribution in [0.15, 0.2) is 41.3 Å². The minimum absolute atomic E-state index is 0.0401. The number of benzene rings is 2. The molecule has 2 aromatic carbocycles. The van der Waals surface area contributed by atoms with Crippen LogP contribution in [0.1, 0.15) is 19.8 Å². The molecule has 0 aliphatic carbocycles. The van der Waals surface area contributed by atoms with Gasteiger partial charge >= 0.3 is 0 Å². The van der Waals surface area contributed by atoms with Crippen molar-refractivity contribution in [3.8, 4) is 0 Å². The van der Waals surface area contributed by atoms with Crippen LogP contribution in [0.25, 0.3) is 10.8 Å². The van der Waals surface area contributed by atoms with Crippen molar-refractivity contribution < 1.29 is 13.0 Å². The average Bonchev–Trinajstić information content (AvgIpc) is 2.37. The van der Waals surface area contributed by atoms with Gasteiger partial charge in [0.25, 0.3) is 10.1 Å². The molecule has 0 aliphatic rings. The second-order valence-electron chi connectivity index (χ2n) is 4.42. The Morgan fingerprint density at radius 3 is 2.58 bits per heavy atom. The molecule has 2 rings (SSSR count). The van der Waals surface area contributed by atoms with Gasteiger partial charge in [0.15, 0.2) is 0 Å².